The van der Waals surface area contributed by atoms with E-state index in [9.17, 15) is 9.59 Å². The lowest BCUT2D eigenvalue weighted by molar-refractivity contribution is -0.115. The van der Waals surface area contributed by atoms with E-state index in [4.69, 9.17) is 9.47 Å². The maximum Gasteiger partial charge on any atom is 0.260 e. The highest BCUT2D eigenvalue weighted by Crippen LogP contribution is 2.33. The van der Waals surface area contributed by atoms with Gasteiger partial charge in [0.1, 0.15) is 16.3 Å². The first kappa shape index (κ1) is 21.9. The molecule has 7 nitrogen and oxygen atoms in total. The van der Waals surface area contributed by atoms with Crippen molar-refractivity contribution in [2.45, 2.75) is 17.3 Å². The van der Waals surface area contributed by atoms with Crippen LogP contribution in [0.25, 0.3) is 21.3 Å². The van der Waals surface area contributed by atoms with Gasteiger partial charge in [-0.05, 0) is 24.6 Å². The van der Waals surface area contributed by atoms with Crippen molar-refractivity contribution in [3.05, 3.63) is 64.3 Å². The average molecular weight is 468 g/mol. The van der Waals surface area contributed by atoms with Crippen molar-refractivity contribution in [2.24, 2.45) is 0 Å². The predicted octanol–water partition coefficient (Wildman–Crippen LogP) is 4.79. The van der Waals surface area contributed by atoms with Crippen molar-refractivity contribution >= 4 is 44.9 Å². The Balaban J connectivity index is 1.55. The summed E-state index contributed by atoms with van der Waals surface area (Å²) >= 11 is 2.59. The number of aromatic nitrogens is 2. The van der Waals surface area contributed by atoms with Crippen LogP contribution in [-0.4, -0.2) is 35.3 Å². The number of fused-ring (bicyclic) bond motifs is 1. The molecule has 1 amide bonds. The summed E-state index contributed by atoms with van der Waals surface area (Å²) < 4.78 is 10.5. The number of nitrogens with zero attached hydrogens (tertiary/aromatic N) is 1. The summed E-state index contributed by atoms with van der Waals surface area (Å²) in [6.45, 7) is 1.75. The number of amides is 1. The van der Waals surface area contributed by atoms with E-state index in [2.05, 4.69) is 15.3 Å². The molecule has 0 fully saturated rings. The number of rotatable bonds is 7. The van der Waals surface area contributed by atoms with E-state index in [1.807, 2.05) is 35.7 Å². The molecule has 2 N–H and O–H groups in total. The first-order valence-corrected chi connectivity index (χ1v) is 11.5. The van der Waals surface area contributed by atoms with Gasteiger partial charge in [-0.15, -0.1) is 11.3 Å². The number of thioether (sulfide) groups is 1. The maximum absolute atomic E-state index is 12.8. The number of thiophene rings is 1. The van der Waals surface area contributed by atoms with Gasteiger partial charge in [-0.3, -0.25) is 9.59 Å². The number of methoxy groups -OCH3 is 2. The highest BCUT2D eigenvalue weighted by atomic mass is 32.2. The number of hydrogen-bond donors (Lipinski definition) is 2. The summed E-state index contributed by atoms with van der Waals surface area (Å²) in [5.41, 5.74) is 2.10. The molecule has 0 bridgehead atoms. The largest absolute Gasteiger partial charge is 0.497 e. The summed E-state index contributed by atoms with van der Waals surface area (Å²) in [7, 11) is 3.09. The Morgan fingerprint density at radius 3 is 2.66 bits per heavy atom. The van der Waals surface area contributed by atoms with Crippen LogP contribution < -0.4 is 20.3 Å². The van der Waals surface area contributed by atoms with Crippen molar-refractivity contribution in [1.29, 1.82) is 0 Å². The molecule has 4 rings (SSSR count). The second-order valence-electron chi connectivity index (χ2n) is 6.88. The number of ether oxygens (including phenoxy) is 2. The molecule has 0 spiro atoms. The van der Waals surface area contributed by atoms with Gasteiger partial charge in [-0.1, -0.05) is 42.1 Å². The van der Waals surface area contributed by atoms with Gasteiger partial charge < -0.3 is 19.8 Å². The van der Waals surface area contributed by atoms with Gasteiger partial charge in [0.15, 0.2) is 5.16 Å². The Labute approximate surface area is 192 Å². The molecule has 0 saturated carbocycles. The molecule has 164 valence electrons. The van der Waals surface area contributed by atoms with E-state index < -0.39 is 5.25 Å². The molecule has 2 heterocycles. The first-order valence-electron chi connectivity index (χ1n) is 9.76. The Morgan fingerprint density at radius 2 is 1.94 bits per heavy atom. The lowest BCUT2D eigenvalue weighted by Crippen LogP contribution is -2.23. The summed E-state index contributed by atoms with van der Waals surface area (Å²) in [4.78, 5) is 33.6. The lowest BCUT2D eigenvalue weighted by Gasteiger charge is -2.14. The van der Waals surface area contributed by atoms with Crippen molar-refractivity contribution in [2.75, 3.05) is 19.5 Å². The molecular weight excluding hydrogens is 446 g/mol. The molecule has 1 unspecified atom stereocenters. The molecule has 1 atom stereocenters. The zero-order chi connectivity index (χ0) is 22.7. The number of carbonyl (C=O) groups is 1. The lowest BCUT2D eigenvalue weighted by atomic mass is 10.1. The molecule has 2 aromatic heterocycles. The average Bonchev–Trinajstić information content (AvgIpc) is 3.24. The maximum atomic E-state index is 12.8. The Kier molecular flexibility index (Phi) is 6.48. The number of nitrogens with one attached hydrogen (secondary N) is 2. The Bertz CT molecular complexity index is 1320. The molecule has 2 aromatic carbocycles. The number of H-pyrrole nitrogens is 1. The van der Waals surface area contributed by atoms with E-state index in [1.54, 1.807) is 32.2 Å². The number of hydrogen-bond acceptors (Lipinski definition) is 7. The number of carbonyl (C=O) groups excluding carboxylic acids is 1. The fraction of sp³-hybridized carbons (Fsp3) is 0.174. The van der Waals surface area contributed by atoms with E-state index in [0.29, 0.717) is 32.6 Å². The minimum Gasteiger partial charge on any atom is -0.497 e. The van der Waals surface area contributed by atoms with E-state index in [0.717, 1.165) is 11.1 Å². The van der Waals surface area contributed by atoms with Crippen LogP contribution in [0.15, 0.2) is 63.9 Å². The quantitative estimate of drug-likeness (QED) is 0.300. The smallest absolute Gasteiger partial charge is 0.260 e. The first-order chi connectivity index (χ1) is 15.5. The zero-order valence-electron chi connectivity index (χ0n) is 17.7. The second-order valence-corrected chi connectivity index (χ2v) is 9.07. The third-order valence-electron chi connectivity index (χ3n) is 4.83. The van der Waals surface area contributed by atoms with Crippen LogP contribution in [0.5, 0.6) is 11.5 Å². The standard InChI is InChI=1S/C23H21N3O4S2/c1-13(20(27)24-17-11-15(29-2)9-10-18(17)30-3)32-23-25-21(28)19-16(12-31-22(19)26-23)14-7-5-4-6-8-14/h4-13H,1-3H3,(H,24,27)(H,25,26,28). The van der Waals surface area contributed by atoms with Gasteiger partial charge in [0.05, 0.1) is 30.5 Å². The van der Waals surface area contributed by atoms with Crippen LogP contribution in [0.4, 0.5) is 5.69 Å². The third kappa shape index (κ3) is 4.49. The molecule has 0 saturated heterocycles. The normalized spacial score (nSPS) is 11.8. The van der Waals surface area contributed by atoms with Crippen LogP contribution >= 0.6 is 23.1 Å². The summed E-state index contributed by atoms with van der Waals surface area (Å²) in [5.74, 6) is 0.876. The van der Waals surface area contributed by atoms with Crippen molar-refractivity contribution < 1.29 is 14.3 Å². The fourth-order valence-corrected chi connectivity index (χ4v) is 4.98. The highest BCUT2D eigenvalue weighted by Gasteiger charge is 2.20. The highest BCUT2D eigenvalue weighted by molar-refractivity contribution is 8.00. The SMILES string of the molecule is COc1ccc(OC)c(NC(=O)C(C)Sc2nc3scc(-c4ccccc4)c3c(=O)[nH]2)c1. The number of benzene rings is 2. The molecule has 0 aliphatic rings. The molecule has 4 aromatic rings. The van der Waals surface area contributed by atoms with Crippen LogP contribution in [0.1, 0.15) is 6.92 Å². The number of anilines is 1. The third-order valence-corrected chi connectivity index (χ3v) is 6.69. The summed E-state index contributed by atoms with van der Waals surface area (Å²) in [6.07, 6.45) is 0. The van der Waals surface area contributed by atoms with Crippen LogP contribution in [-0.2, 0) is 4.79 Å². The second kappa shape index (κ2) is 9.46. The molecule has 0 aliphatic carbocycles. The van der Waals surface area contributed by atoms with Crippen molar-refractivity contribution in [3.8, 4) is 22.6 Å². The van der Waals surface area contributed by atoms with Gasteiger partial charge in [-0.25, -0.2) is 4.98 Å². The topological polar surface area (TPSA) is 93.3 Å². The van der Waals surface area contributed by atoms with E-state index in [-0.39, 0.29) is 11.5 Å². The van der Waals surface area contributed by atoms with Crippen LogP contribution in [0, 0.1) is 0 Å². The van der Waals surface area contributed by atoms with Gasteiger partial charge in [0.2, 0.25) is 5.91 Å². The van der Waals surface area contributed by atoms with Gasteiger partial charge in [0, 0.05) is 17.0 Å². The monoisotopic (exact) mass is 467 g/mol. The predicted molar refractivity (Wildman–Crippen MR) is 129 cm³/mol. The molecule has 0 aliphatic heterocycles. The Hall–Kier alpha value is -3.30. The van der Waals surface area contributed by atoms with Crippen LogP contribution in [0.3, 0.4) is 0 Å². The Morgan fingerprint density at radius 1 is 1.16 bits per heavy atom. The van der Waals surface area contributed by atoms with Crippen molar-refractivity contribution in [3.63, 3.8) is 0 Å². The molecule has 0 radical (unpaired) electrons. The minimum atomic E-state index is -0.514. The molecular formula is C23H21N3O4S2. The summed E-state index contributed by atoms with van der Waals surface area (Å²) in [5, 5.41) is 5.22. The van der Waals surface area contributed by atoms with Crippen LogP contribution in [0.2, 0.25) is 0 Å². The minimum absolute atomic E-state index is 0.223. The van der Waals surface area contributed by atoms with Gasteiger partial charge >= 0.3 is 0 Å². The van der Waals surface area contributed by atoms with Gasteiger partial charge in [0.25, 0.3) is 5.56 Å². The number of aromatic amines is 1. The molecule has 9 heteroatoms. The summed E-state index contributed by atoms with van der Waals surface area (Å²) in [6, 6.07) is 14.9. The van der Waals surface area contributed by atoms with Crippen molar-refractivity contribution in [1.82, 2.24) is 9.97 Å². The molecule has 32 heavy (non-hydrogen) atoms. The zero-order valence-corrected chi connectivity index (χ0v) is 19.3. The van der Waals surface area contributed by atoms with E-state index in [1.165, 1.54) is 30.2 Å². The van der Waals surface area contributed by atoms with E-state index >= 15 is 0 Å². The fourth-order valence-electron chi connectivity index (χ4n) is 3.18. The van der Waals surface area contributed by atoms with Gasteiger partial charge in [-0.2, -0.15) is 0 Å².